The van der Waals surface area contributed by atoms with Gasteiger partial charge in [0.15, 0.2) is 0 Å². The van der Waals surface area contributed by atoms with Gasteiger partial charge < -0.3 is 5.32 Å². The molecule has 0 saturated carbocycles. The van der Waals surface area contributed by atoms with Gasteiger partial charge in [-0.15, -0.1) is 11.3 Å². The molecule has 3 rings (SSSR count). The summed E-state index contributed by atoms with van der Waals surface area (Å²) >= 11 is 7.99. The van der Waals surface area contributed by atoms with Crippen molar-refractivity contribution in [3.8, 4) is 0 Å². The van der Waals surface area contributed by atoms with Crippen molar-refractivity contribution in [3.63, 3.8) is 0 Å². The summed E-state index contributed by atoms with van der Waals surface area (Å²) in [4.78, 5) is 0. The predicted molar refractivity (Wildman–Crippen MR) is 85.3 cm³/mol. The van der Waals surface area contributed by atoms with Crippen molar-refractivity contribution in [1.29, 1.82) is 0 Å². The van der Waals surface area contributed by atoms with Crippen LogP contribution in [-0.2, 0) is 0 Å². The van der Waals surface area contributed by atoms with E-state index in [4.69, 9.17) is 11.6 Å². The Labute approximate surface area is 121 Å². The van der Waals surface area contributed by atoms with Crippen LogP contribution < -0.4 is 5.32 Å². The third-order valence-electron chi connectivity index (χ3n) is 3.21. The molecule has 3 heteroatoms. The minimum Gasteiger partial charge on any atom is -0.378 e. The number of fused-ring (bicyclic) bond motifs is 1. The second-order valence-electron chi connectivity index (χ2n) is 4.56. The summed E-state index contributed by atoms with van der Waals surface area (Å²) in [6.45, 7) is 2.12. The number of hydrogen-bond acceptors (Lipinski definition) is 2. The van der Waals surface area contributed by atoms with Gasteiger partial charge in [-0.05, 0) is 53.6 Å². The zero-order valence-electron chi connectivity index (χ0n) is 10.6. The van der Waals surface area contributed by atoms with Crippen molar-refractivity contribution >= 4 is 38.7 Å². The van der Waals surface area contributed by atoms with E-state index in [2.05, 4.69) is 48.0 Å². The molecule has 19 heavy (non-hydrogen) atoms. The Morgan fingerprint density at radius 3 is 2.79 bits per heavy atom. The topological polar surface area (TPSA) is 12.0 Å². The van der Waals surface area contributed by atoms with Gasteiger partial charge in [0.05, 0.1) is 0 Å². The van der Waals surface area contributed by atoms with Gasteiger partial charge in [-0.25, -0.2) is 0 Å². The SMILES string of the molecule is CC(Nc1ccc2sccc2c1)c1ccccc1Cl. The fourth-order valence-corrected chi connectivity index (χ4v) is 3.28. The van der Waals surface area contributed by atoms with E-state index >= 15 is 0 Å². The summed E-state index contributed by atoms with van der Waals surface area (Å²) in [5.74, 6) is 0. The van der Waals surface area contributed by atoms with Gasteiger partial charge in [-0.3, -0.25) is 0 Å². The summed E-state index contributed by atoms with van der Waals surface area (Å²) < 4.78 is 1.32. The standard InChI is InChI=1S/C16H14ClNS/c1-11(14-4-2-3-5-15(14)17)18-13-6-7-16-12(10-13)8-9-19-16/h2-11,18H,1H3. The van der Waals surface area contributed by atoms with E-state index in [0.717, 1.165) is 16.3 Å². The molecule has 1 nitrogen and oxygen atoms in total. The fraction of sp³-hybridized carbons (Fsp3) is 0.125. The zero-order chi connectivity index (χ0) is 13.2. The maximum Gasteiger partial charge on any atom is 0.0500 e. The Morgan fingerprint density at radius 2 is 1.95 bits per heavy atom. The lowest BCUT2D eigenvalue weighted by atomic mass is 10.1. The van der Waals surface area contributed by atoms with Gasteiger partial charge in [-0.2, -0.15) is 0 Å². The van der Waals surface area contributed by atoms with E-state index in [1.165, 1.54) is 10.1 Å². The molecule has 0 saturated heterocycles. The number of halogens is 1. The predicted octanol–water partition coefficient (Wildman–Crippen LogP) is 5.73. The van der Waals surface area contributed by atoms with Crippen molar-refractivity contribution in [2.75, 3.05) is 5.32 Å². The minimum atomic E-state index is 0.185. The molecular weight excluding hydrogens is 274 g/mol. The molecule has 0 spiro atoms. The van der Waals surface area contributed by atoms with Crippen LogP contribution in [0.25, 0.3) is 10.1 Å². The van der Waals surface area contributed by atoms with Gasteiger partial charge in [0.2, 0.25) is 0 Å². The van der Waals surface area contributed by atoms with E-state index in [1.807, 2.05) is 18.2 Å². The molecule has 3 aromatic rings. The molecule has 1 aromatic heterocycles. The lowest BCUT2D eigenvalue weighted by Crippen LogP contribution is -2.06. The first kappa shape index (κ1) is 12.5. The Balaban J connectivity index is 1.86. The second-order valence-corrected chi connectivity index (χ2v) is 5.92. The van der Waals surface area contributed by atoms with Crippen LogP contribution in [0.4, 0.5) is 5.69 Å². The molecule has 2 aromatic carbocycles. The van der Waals surface area contributed by atoms with Crippen molar-refractivity contribution in [1.82, 2.24) is 0 Å². The first-order valence-electron chi connectivity index (χ1n) is 6.22. The number of anilines is 1. The first-order chi connectivity index (χ1) is 9.24. The minimum absolute atomic E-state index is 0.185. The molecule has 0 aliphatic carbocycles. The Hall–Kier alpha value is -1.51. The van der Waals surface area contributed by atoms with Crippen LogP contribution in [0.1, 0.15) is 18.5 Å². The Kier molecular flexibility index (Phi) is 3.45. The summed E-state index contributed by atoms with van der Waals surface area (Å²) in [5, 5.41) is 7.70. The molecule has 1 heterocycles. The van der Waals surface area contributed by atoms with Gasteiger partial charge in [0.25, 0.3) is 0 Å². The van der Waals surface area contributed by atoms with E-state index in [9.17, 15) is 0 Å². The van der Waals surface area contributed by atoms with Crippen molar-refractivity contribution in [2.45, 2.75) is 13.0 Å². The van der Waals surface area contributed by atoms with Crippen molar-refractivity contribution in [2.24, 2.45) is 0 Å². The van der Waals surface area contributed by atoms with Crippen LogP contribution in [-0.4, -0.2) is 0 Å². The highest BCUT2D eigenvalue weighted by Crippen LogP contribution is 2.28. The largest absolute Gasteiger partial charge is 0.378 e. The molecule has 0 bridgehead atoms. The molecule has 1 atom stereocenters. The van der Waals surface area contributed by atoms with Gasteiger partial charge in [0, 0.05) is 21.5 Å². The third kappa shape index (κ3) is 2.60. The summed E-state index contributed by atoms with van der Waals surface area (Å²) in [5.41, 5.74) is 2.24. The van der Waals surface area contributed by atoms with E-state index in [-0.39, 0.29) is 6.04 Å². The first-order valence-corrected chi connectivity index (χ1v) is 7.48. The quantitative estimate of drug-likeness (QED) is 0.649. The van der Waals surface area contributed by atoms with E-state index in [1.54, 1.807) is 11.3 Å². The molecule has 96 valence electrons. The van der Waals surface area contributed by atoms with Crippen LogP contribution in [0.3, 0.4) is 0 Å². The molecule has 1 unspecified atom stereocenters. The Morgan fingerprint density at radius 1 is 1.11 bits per heavy atom. The smallest absolute Gasteiger partial charge is 0.0500 e. The third-order valence-corrected chi connectivity index (χ3v) is 4.45. The summed E-state index contributed by atoms with van der Waals surface area (Å²) in [7, 11) is 0. The average Bonchev–Trinajstić information content (AvgIpc) is 2.86. The van der Waals surface area contributed by atoms with Crippen LogP contribution in [0, 0.1) is 0 Å². The molecule has 0 amide bonds. The molecule has 1 N–H and O–H groups in total. The van der Waals surface area contributed by atoms with Gasteiger partial charge in [0.1, 0.15) is 0 Å². The van der Waals surface area contributed by atoms with Gasteiger partial charge in [-0.1, -0.05) is 29.8 Å². The maximum absolute atomic E-state index is 6.22. The highest BCUT2D eigenvalue weighted by atomic mass is 35.5. The number of nitrogens with one attached hydrogen (secondary N) is 1. The molecule has 0 radical (unpaired) electrons. The lowest BCUT2D eigenvalue weighted by molar-refractivity contribution is 0.885. The second kappa shape index (κ2) is 5.24. The average molecular weight is 288 g/mol. The van der Waals surface area contributed by atoms with E-state index < -0.39 is 0 Å². The summed E-state index contributed by atoms with van der Waals surface area (Å²) in [6.07, 6.45) is 0. The van der Waals surface area contributed by atoms with E-state index in [0.29, 0.717) is 0 Å². The lowest BCUT2D eigenvalue weighted by Gasteiger charge is -2.17. The van der Waals surface area contributed by atoms with Crippen molar-refractivity contribution < 1.29 is 0 Å². The van der Waals surface area contributed by atoms with Crippen LogP contribution >= 0.6 is 22.9 Å². The van der Waals surface area contributed by atoms with Crippen LogP contribution in [0.15, 0.2) is 53.9 Å². The number of rotatable bonds is 3. The molecule has 0 aliphatic rings. The molecule has 0 aliphatic heterocycles. The fourth-order valence-electron chi connectivity index (χ4n) is 2.21. The molecule has 0 fully saturated rings. The van der Waals surface area contributed by atoms with Crippen LogP contribution in [0.5, 0.6) is 0 Å². The number of thiophene rings is 1. The number of benzene rings is 2. The maximum atomic E-state index is 6.22. The van der Waals surface area contributed by atoms with Gasteiger partial charge >= 0.3 is 0 Å². The normalized spacial score (nSPS) is 12.5. The molecular formula is C16H14ClNS. The highest BCUT2D eigenvalue weighted by Gasteiger charge is 2.09. The highest BCUT2D eigenvalue weighted by molar-refractivity contribution is 7.17. The number of hydrogen-bond donors (Lipinski definition) is 1. The van der Waals surface area contributed by atoms with Crippen molar-refractivity contribution in [3.05, 3.63) is 64.5 Å². The van der Waals surface area contributed by atoms with Crippen LogP contribution in [0.2, 0.25) is 5.02 Å². The zero-order valence-corrected chi connectivity index (χ0v) is 12.1. The monoisotopic (exact) mass is 287 g/mol. The summed E-state index contributed by atoms with van der Waals surface area (Å²) in [6, 6.07) is 16.7. The Bertz CT molecular complexity index is 705.